The van der Waals surface area contributed by atoms with E-state index in [1.807, 2.05) is 6.92 Å². The van der Waals surface area contributed by atoms with Crippen molar-refractivity contribution in [3.05, 3.63) is 35.4 Å². The first-order valence-corrected chi connectivity index (χ1v) is 7.11. The van der Waals surface area contributed by atoms with Crippen molar-refractivity contribution in [2.24, 2.45) is 0 Å². The Morgan fingerprint density at radius 3 is 2.36 bits per heavy atom. The highest BCUT2D eigenvalue weighted by Crippen LogP contribution is 2.07. The van der Waals surface area contributed by atoms with Gasteiger partial charge in [0, 0.05) is 6.42 Å². The summed E-state index contributed by atoms with van der Waals surface area (Å²) in [5.74, 6) is -1.09. The van der Waals surface area contributed by atoms with Crippen molar-refractivity contribution in [2.45, 2.75) is 39.3 Å². The standard InChI is InChI=1S/C16H21NO5/c1-4-5-14(18)17-11(2)15(19)22-10-12-6-8-13(9-7-12)16(20)21-3/h6-9,11H,4-5,10H2,1-3H3,(H,17,18)/t11-/m0/s1. The molecule has 22 heavy (non-hydrogen) atoms. The molecule has 0 aliphatic carbocycles. The van der Waals surface area contributed by atoms with E-state index in [0.29, 0.717) is 12.0 Å². The van der Waals surface area contributed by atoms with Crippen LogP contribution in [0.15, 0.2) is 24.3 Å². The third-order valence-electron chi connectivity index (χ3n) is 2.96. The molecule has 0 fully saturated rings. The number of rotatable bonds is 7. The molecule has 1 aromatic rings. The zero-order valence-corrected chi connectivity index (χ0v) is 13.0. The van der Waals surface area contributed by atoms with Gasteiger partial charge in [0.2, 0.25) is 5.91 Å². The molecule has 1 atom stereocenters. The number of hydrogen-bond acceptors (Lipinski definition) is 5. The van der Waals surface area contributed by atoms with Crippen LogP contribution in [0.1, 0.15) is 42.6 Å². The molecule has 0 saturated carbocycles. The zero-order chi connectivity index (χ0) is 16.5. The smallest absolute Gasteiger partial charge is 0.337 e. The van der Waals surface area contributed by atoms with E-state index in [9.17, 15) is 14.4 Å². The van der Waals surface area contributed by atoms with Crippen molar-refractivity contribution in [1.82, 2.24) is 5.32 Å². The van der Waals surface area contributed by atoms with Gasteiger partial charge >= 0.3 is 11.9 Å². The maximum absolute atomic E-state index is 11.8. The number of amides is 1. The fourth-order valence-electron chi connectivity index (χ4n) is 1.73. The minimum absolute atomic E-state index is 0.0777. The van der Waals surface area contributed by atoms with Crippen molar-refractivity contribution < 1.29 is 23.9 Å². The van der Waals surface area contributed by atoms with Crippen LogP contribution in [0.5, 0.6) is 0 Å². The Balaban J connectivity index is 2.46. The summed E-state index contributed by atoms with van der Waals surface area (Å²) in [5.41, 5.74) is 1.17. The summed E-state index contributed by atoms with van der Waals surface area (Å²) < 4.78 is 9.72. The van der Waals surface area contributed by atoms with Crippen LogP contribution in [-0.2, 0) is 25.7 Å². The van der Waals surface area contributed by atoms with Gasteiger partial charge in [0.15, 0.2) is 0 Å². The summed E-state index contributed by atoms with van der Waals surface area (Å²) in [6, 6.07) is 5.87. The Kier molecular flexibility index (Phi) is 7.08. The van der Waals surface area contributed by atoms with Crippen LogP contribution in [0.3, 0.4) is 0 Å². The van der Waals surface area contributed by atoms with E-state index in [4.69, 9.17) is 4.74 Å². The van der Waals surface area contributed by atoms with Gasteiger partial charge in [-0.15, -0.1) is 0 Å². The van der Waals surface area contributed by atoms with Crippen molar-refractivity contribution in [1.29, 1.82) is 0 Å². The molecular formula is C16H21NO5. The van der Waals surface area contributed by atoms with Gasteiger partial charge in [0.25, 0.3) is 0 Å². The van der Waals surface area contributed by atoms with Crippen LogP contribution in [0.4, 0.5) is 0 Å². The summed E-state index contributed by atoms with van der Waals surface area (Å²) in [4.78, 5) is 34.5. The predicted molar refractivity (Wildman–Crippen MR) is 80.1 cm³/mol. The van der Waals surface area contributed by atoms with Gasteiger partial charge in [-0.05, 0) is 31.0 Å². The van der Waals surface area contributed by atoms with E-state index in [0.717, 1.165) is 12.0 Å². The Morgan fingerprint density at radius 2 is 1.82 bits per heavy atom. The van der Waals surface area contributed by atoms with Gasteiger partial charge in [-0.1, -0.05) is 19.1 Å². The third-order valence-corrected chi connectivity index (χ3v) is 2.96. The van der Waals surface area contributed by atoms with Crippen molar-refractivity contribution in [3.8, 4) is 0 Å². The maximum Gasteiger partial charge on any atom is 0.337 e. The lowest BCUT2D eigenvalue weighted by Gasteiger charge is -2.13. The lowest BCUT2D eigenvalue weighted by Crippen LogP contribution is -2.39. The molecule has 1 rings (SSSR count). The normalized spacial score (nSPS) is 11.4. The Labute approximate surface area is 129 Å². The number of methoxy groups -OCH3 is 1. The highest BCUT2D eigenvalue weighted by atomic mass is 16.5. The number of esters is 2. The highest BCUT2D eigenvalue weighted by Gasteiger charge is 2.16. The first-order chi connectivity index (χ1) is 10.5. The second-order valence-electron chi connectivity index (χ2n) is 4.84. The Morgan fingerprint density at radius 1 is 1.18 bits per heavy atom. The van der Waals surface area contributed by atoms with Crippen LogP contribution >= 0.6 is 0 Å². The predicted octanol–water partition coefficient (Wildman–Crippen LogP) is 1.82. The molecule has 1 N–H and O–H groups in total. The van der Waals surface area contributed by atoms with Crippen LogP contribution in [0.2, 0.25) is 0 Å². The van der Waals surface area contributed by atoms with E-state index in [-0.39, 0.29) is 12.5 Å². The average Bonchev–Trinajstić information content (AvgIpc) is 2.52. The largest absolute Gasteiger partial charge is 0.465 e. The van der Waals surface area contributed by atoms with E-state index in [2.05, 4.69) is 10.1 Å². The van der Waals surface area contributed by atoms with Crippen molar-refractivity contribution in [3.63, 3.8) is 0 Å². The molecule has 0 spiro atoms. The highest BCUT2D eigenvalue weighted by molar-refractivity contribution is 5.89. The molecule has 6 nitrogen and oxygen atoms in total. The number of ether oxygens (including phenoxy) is 2. The summed E-state index contributed by atoms with van der Waals surface area (Å²) in [6.07, 6.45) is 1.10. The SMILES string of the molecule is CCCC(=O)N[C@@H](C)C(=O)OCc1ccc(C(=O)OC)cc1. The fourth-order valence-corrected chi connectivity index (χ4v) is 1.73. The lowest BCUT2D eigenvalue weighted by molar-refractivity contribution is -0.148. The molecular weight excluding hydrogens is 286 g/mol. The molecule has 0 unspecified atom stereocenters. The van der Waals surface area contributed by atoms with Crippen LogP contribution in [0, 0.1) is 0 Å². The number of benzene rings is 1. The minimum atomic E-state index is -0.687. The number of carbonyl (C=O) groups excluding carboxylic acids is 3. The molecule has 0 heterocycles. The Bertz CT molecular complexity index is 524. The molecule has 0 saturated heterocycles. The molecule has 0 aliphatic heterocycles. The molecule has 0 radical (unpaired) electrons. The van der Waals surface area contributed by atoms with E-state index in [1.165, 1.54) is 7.11 Å². The van der Waals surface area contributed by atoms with Gasteiger partial charge in [-0.2, -0.15) is 0 Å². The topological polar surface area (TPSA) is 81.7 Å². The quantitative estimate of drug-likeness (QED) is 0.777. The molecule has 0 bridgehead atoms. The van der Waals surface area contributed by atoms with Gasteiger partial charge in [-0.25, -0.2) is 9.59 Å². The molecule has 0 aromatic heterocycles. The van der Waals surface area contributed by atoms with Gasteiger partial charge in [0.1, 0.15) is 12.6 Å². The van der Waals surface area contributed by atoms with Gasteiger partial charge < -0.3 is 14.8 Å². The van der Waals surface area contributed by atoms with Crippen LogP contribution in [0.25, 0.3) is 0 Å². The molecule has 6 heteroatoms. The first kappa shape index (κ1) is 17.7. The fraction of sp³-hybridized carbons (Fsp3) is 0.438. The zero-order valence-electron chi connectivity index (χ0n) is 13.0. The van der Waals surface area contributed by atoms with Crippen LogP contribution < -0.4 is 5.32 Å². The number of hydrogen-bond donors (Lipinski definition) is 1. The van der Waals surface area contributed by atoms with Crippen LogP contribution in [-0.4, -0.2) is 31.0 Å². The van der Waals surface area contributed by atoms with E-state index < -0.39 is 18.0 Å². The van der Waals surface area contributed by atoms with Gasteiger partial charge in [0.05, 0.1) is 12.7 Å². The van der Waals surface area contributed by atoms with E-state index >= 15 is 0 Å². The van der Waals surface area contributed by atoms with Gasteiger partial charge in [-0.3, -0.25) is 4.79 Å². The second kappa shape index (κ2) is 8.81. The van der Waals surface area contributed by atoms with Crippen molar-refractivity contribution in [2.75, 3.05) is 7.11 Å². The summed E-state index contributed by atoms with van der Waals surface area (Å²) in [5, 5.41) is 2.57. The second-order valence-corrected chi connectivity index (χ2v) is 4.84. The molecule has 0 aliphatic rings. The number of carbonyl (C=O) groups is 3. The summed E-state index contributed by atoms with van der Waals surface area (Å²) >= 11 is 0. The lowest BCUT2D eigenvalue weighted by atomic mass is 10.1. The number of nitrogens with one attached hydrogen (secondary N) is 1. The minimum Gasteiger partial charge on any atom is -0.465 e. The monoisotopic (exact) mass is 307 g/mol. The average molecular weight is 307 g/mol. The van der Waals surface area contributed by atoms with Crippen molar-refractivity contribution >= 4 is 17.8 Å². The van der Waals surface area contributed by atoms with E-state index in [1.54, 1.807) is 31.2 Å². The summed E-state index contributed by atoms with van der Waals surface area (Å²) in [6.45, 7) is 3.55. The molecule has 1 amide bonds. The summed E-state index contributed by atoms with van der Waals surface area (Å²) in [7, 11) is 1.31. The maximum atomic E-state index is 11.8. The third kappa shape index (κ3) is 5.55. The first-order valence-electron chi connectivity index (χ1n) is 7.11. The Hall–Kier alpha value is -2.37. The molecule has 1 aromatic carbocycles. The molecule has 120 valence electrons.